The average Bonchev–Trinajstić information content (AvgIpc) is 2.65. The van der Waals surface area contributed by atoms with Crippen LogP contribution in [0.15, 0.2) is 24.4 Å². The van der Waals surface area contributed by atoms with Crippen molar-refractivity contribution in [3.8, 4) is 11.8 Å². The highest BCUT2D eigenvalue weighted by atomic mass is 32.1. The second-order valence-electron chi connectivity index (χ2n) is 2.95. The standard InChI is InChI=1S/C11H10N2S/c14-6-2-1-3-9-4-5-11-10(7-9)8-12-13-11/h4-5,7-8,14H,2,6H2,(H,12,13). The van der Waals surface area contributed by atoms with Gasteiger partial charge in [0.2, 0.25) is 0 Å². The van der Waals surface area contributed by atoms with Gasteiger partial charge in [0.1, 0.15) is 0 Å². The number of nitrogens with zero attached hydrogens (tertiary/aromatic N) is 1. The van der Waals surface area contributed by atoms with Gasteiger partial charge in [0.25, 0.3) is 0 Å². The van der Waals surface area contributed by atoms with Gasteiger partial charge in [-0.1, -0.05) is 11.8 Å². The molecule has 1 heterocycles. The Bertz CT molecular complexity index is 490. The lowest BCUT2D eigenvalue weighted by atomic mass is 10.1. The lowest BCUT2D eigenvalue weighted by Crippen LogP contribution is -1.75. The molecule has 0 bridgehead atoms. The Labute approximate surface area is 88.1 Å². The number of hydrogen-bond donors (Lipinski definition) is 2. The van der Waals surface area contributed by atoms with Gasteiger partial charge >= 0.3 is 0 Å². The number of aromatic nitrogens is 2. The molecule has 0 amide bonds. The molecule has 14 heavy (non-hydrogen) atoms. The van der Waals surface area contributed by atoms with Gasteiger partial charge in [-0.3, -0.25) is 5.10 Å². The third kappa shape index (κ3) is 1.91. The predicted octanol–water partition coefficient (Wildman–Crippen LogP) is 2.23. The minimum atomic E-state index is 0.807. The molecule has 1 N–H and O–H groups in total. The van der Waals surface area contributed by atoms with E-state index in [0.717, 1.165) is 28.6 Å². The van der Waals surface area contributed by atoms with Crippen molar-refractivity contribution in [1.29, 1.82) is 0 Å². The smallest absolute Gasteiger partial charge is 0.0651 e. The number of H-pyrrole nitrogens is 1. The van der Waals surface area contributed by atoms with Gasteiger partial charge in [-0.05, 0) is 18.2 Å². The van der Waals surface area contributed by atoms with Gasteiger partial charge in [0, 0.05) is 23.1 Å². The summed E-state index contributed by atoms with van der Waals surface area (Å²) in [5.74, 6) is 6.94. The molecule has 0 saturated heterocycles. The molecular formula is C11H10N2S. The number of hydrogen-bond acceptors (Lipinski definition) is 2. The van der Waals surface area contributed by atoms with Crippen LogP contribution in [-0.2, 0) is 0 Å². The summed E-state index contributed by atoms with van der Waals surface area (Å²) in [7, 11) is 0. The highest BCUT2D eigenvalue weighted by molar-refractivity contribution is 7.80. The molecule has 0 aliphatic heterocycles. The summed E-state index contributed by atoms with van der Waals surface area (Å²) in [5, 5.41) is 7.96. The Hall–Kier alpha value is -1.40. The van der Waals surface area contributed by atoms with Crippen molar-refractivity contribution in [2.75, 3.05) is 5.75 Å². The van der Waals surface area contributed by atoms with E-state index in [9.17, 15) is 0 Å². The summed E-state index contributed by atoms with van der Waals surface area (Å²) in [6.07, 6.45) is 2.63. The van der Waals surface area contributed by atoms with E-state index in [-0.39, 0.29) is 0 Å². The topological polar surface area (TPSA) is 28.7 Å². The minimum Gasteiger partial charge on any atom is -0.278 e. The van der Waals surface area contributed by atoms with Gasteiger partial charge in [-0.2, -0.15) is 17.7 Å². The lowest BCUT2D eigenvalue weighted by Gasteiger charge is -1.90. The van der Waals surface area contributed by atoms with Crippen molar-refractivity contribution in [2.24, 2.45) is 0 Å². The van der Waals surface area contributed by atoms with E-state index in [1.165, 1.54) is 0 Å². The molecule has 0 spiro atoms. The van der Waals surface area contributed by atoms with Crippen LogP contribution in [0.4, 0.5) is 0 Å². The van der Waals surface area contributed by atoms with Gasteiger partial charge < -0.3 is 0 Å². The molecule has 3 heteroatoms. The van der Waals surface area contributed by atoms with Crippen LogP contribution in [0, 0.1) is 11.8 Å². The predicted molar refractivity (Wildman–Crippen MR) is 61.4 cm³/mol. The molecular weight excluding hydrogens is 192 g/mol. The highest BCUT2D eigenvalue weighted by Crippen LogP contribution is 2.11. The third-order valence-corrected chi connectivity index (χ3v) is 2.13. The maximum Gasteiger partial charge on any atom is 0.0651 e. The fourth-order valence-electron chi connectivity index (χ4n) is 1.24. The summed E-state index contributed by atoms with van der Waals surface area (Å²) in [4.78, 5) is 0. The molecule has 0 atom stereocenters. The first-order valence-electron chi connectivity index (χ1n) is 4.43. The maximum atomic E-state index is 4.10. The summed E-state index contributed by atoms with van der Waals surface area (Å²) in [5.41, 5.74) is 2.07. The van der Waals surface area contributed by atoms with Gasteiger partial charge in [0.15, 0.2) is 0 Å². The fraction of sp³-hybridized carbons (Fsp3) is 0.182. The maximum absolute atomic E-state index is 4.10. The molecule has 1 aromatic carbocycles. The SMILES string of the molecule is SCCC#Cc1ccc2[nH]ncc2c1. The number of nitrogens with one attached hydrogen (secondary N) is 1. The van der Waals surface area contributed by atoms with Crippen LogP contribution in [0.5, 0.6) is 0 Å². The van der Waals surface area contributed by atoms with Crippen LogP contribution < -0.4 is 0 Å². The lowest BCUT2D eigenvalue weighted by molar-refractivity contribution is 1.12. The highest BCUT2D eigenvalue weighted by Gasteiger charge is 1.94. The monoisotopic (exact) mass is 202 g/mol. The van der Waals surface area contributed by atoms with Crippen molar-refractivity contribution < 1.29 is 0 Å². The fourth-order valence-corrected chi connectivity index (χ4v) is 1.35. The molecule has 0 unspecified atom stereocenters. The molecule has 2 nitrogen and oxygen atoms in total. The first-order valence-corrected chi connectivity index (χ1v) is 5.06. The van der Waals surface area contributed by atoms with E-state index in [4.69, 9.17) is 0 Å². The van der Waals surface area contributed by atoms with Gasteiger partial charge in [0.05, 0.1) is 11.7 Å². The van der Waals surface area contributed by atoms with Crippen LogP contribution in [0.2, 0.25) is 0 Å². The summed E-state index contributed by atoms with van der Waals surface area (Å²) in [6, 6.07) is 6.02. The molecule has 0 aliphatic carbocycles. The van der Waals surface area contributed by atoms with E-state index in [0.29, 0.717) is 0 Å². The quantitative estimate of drug-likeness (QED) is 0.539. The summed E-state index contributed by atoms with van der Waals surface area (Å²) < 4.78 is 0. The molecule has 2 aromatic rings. The van der Waals surface area contributed by atoms with Crippen LogP contribution >= 0.6 is 12.6 Å². The average molecular weight is 202 g/mol. The van der Waals surface area contributed by atoms with Crippen molar-refractivity contribution >= 4 is 23.5 Å². The summed E-state index contributed by atoms with van der Waals surface area (Å²) in [6.45, 7) is 0. The Kier molecular flexibility index (Phi) is 2.76. The Balaban J connectivity index is 2.31. The Morgan fingerprint density at radius 1 is 1.43 bits per heavy atom. The zero-order valence-electron chi connectivity index (χ0n) is 7.62. The number of rotatable bonds is 1. The Morgan fingerprint density at radius 3 is 3.21 bits per heavy atom. The van der Waals surface area contributed by atoms with Crippen LogP contribution in [-0.4, -0.2) is 16.0 Å². The van der Waals surface area contributed by atoms with Gasteiger partial charge in [-0.15, -0.1) is 0 Å². The van der Waals surface area contributed by atoms with Crippen LogP contribution in [0.25, 0.3) is 10.9 Å². The van der Waals surface area contributed by atoms with E-state index in [2.05, 4.69) is 34.7 Å². The first-order chi connectivity index (χ1) is 6.90. The van der Waals surface area contributed by atoms with E-state index >= 15 is 0 Å². The number of fused-ring (bicyclic) bond motifs is 1. The largest absolute Gasteiger partial charge is 0.278 e. The van der Waals surface area contributed by atoms with E-state index < -0.39 is 0 Å². The number of aromatic amines is 1. The molecule has 2 rings (SSSR count). The molecule has 0 aliphatic rings. The molecule has 0 fully saturated rings. The normalized spacial score (nSPS) is 9.79. The Morgan fingerprint density at radius 2 is 2.36 bits per heavy atom. The minimum absolute atomic E-state index is 0.807. The molecule has 0 radical (unpaired) electrons. The second-order valence-corrected chi connectivity index (χ2v) is 3.39. The van der Waals surface area contributed by atoms with Crippen molar-refractivity contribution in [2.45, 2.75) is 6.42 Å². The van der Waals surface area contributed by atoms with E-state index in [1.807, 2.05) is 18.2 Å². The molecule has 1 aromatic heterocycles. The second kappa shape index (κ2) is 4.21. The first kappa shape index (κ1) is 9.17. The zero-order chi connectivity index (χ0) is 9.80. The summed E-state index contributed by atoms with van der Waals surface area (Å²) >= 11 is 4.10. The number of thiol groups is 1. The van der Waals surface area contributed by atoms with Crippen LogP contribution in [0.3, 0.4) is 0 Å². The van der Waals surface area contributed by atoms with Crippen molar-refractivity contribution in [3.63, 3.8) is 0 Å². The van der Waals surface area contributed by atoms with Gasteiger partial charge in [-0.25, -0.2) is 0 Å². The van der Waals surface area contributed by atoms with E-state index in [1.54, 1.807) is 6.20 Å². The van der Waals surface area contributed by atoms with Crippen LogP contribution in [0.1, 0.15) is 12.0 Å². The van der Waals surface area contributed by atoms with Crippen molar-refractivity contribution in [3.05, 3.63) is 30.0 Å². The molecule has 0 saturated carbocycles. The molecule has 70 valence electrons. The number of benzene rings is 1. The van der Waals surface area contributed by atoms with Crippen molar-refractivity contribution in [1.82, 2.24) is 10.2 Å². The zero-order valence-corrected chi connectivity index (χ0v) is 8.51. The third-order valence-electron chi connectivity index (χ3n) is 1.91.